The number of carbonyl (C=O) groups is 2. The van der Waals surface area contributed by atoms with Gasteiger partial charge in [0.25, 0.3) is 5.91 Å². The highest BCUT2D eigenvalue weighted by Gasteiger charge is 2.29. The number of amides is 1. The van der Waals surface area contributed by atoms with Gasteiger partial charge in [-0.3, -0.25) is 9.59 Å². The van der Waals surface area contributed by atoms with Crippen molar-refractivity contribution in [1.29, 1.82) is 0 Å². The molecule has 1 amide bonds. The van der Waals surface area contributed by atoms with Gasteiger partial charge in [-0.2, -0.15) is 0 Å². The first-order valence-electron chi connectivity index (χ1n) is 7.46. The van der Waals surface area contributed by atoms with E-state index >= 15 is 0 Å². The molecule has 2 rings (SSSR count). The summed E-state index contributed by atoms with van der Waals surface area (Å²) in [5, 5.41) is 9.17. The van der Waals surface area contributed by atoms with E-state index in [-0.39, 0.29) is 12.5 Å². The van der Waals surface area contributed by atoms with Gasteiger partial charge < -0.3 is 19.5 Å². The number of rotatable bonds is 6. The van der Waals surface area contributed by atoms with Crippen molar-refractivity contribution in [2.75, 3.05) is 33.4 Å². The van der Waals surface area contributed by atoms with Gasteiger partial charge in [0, 0.05) is 24.7 Å². The van der Waals surface area contributed by atoms with Gasteiger partial charge in [-0.25, -0.2) is 0 Å². The van der Waals surface area contributed by atoms with Crippen LogP contribution in [0.15, 0.2) is 22.7 Å². The smallest absolute Gasteiger partial charge is 0.308 e. The lowest BCUT2D eigenvalue weighted by molar-refractivity contribution is -0.143. The maximum absolute atomic E-state index is 12.8. The van der Waals surface area contributed by atoms with Gasteiger partial charge in [-0.05, 0) is 31.0 Å². The average molecular weight is 386 g/mol. The van der Waals surface area contributed by atoms with Gasteiger partial charge in [0.15, 0.2) is 0 Å². The van der Waals surface area contributed by atoms with Crippen LogP contribution in [0.25, 0.3) is 0 Å². The van der Waals surface area contributed by atoms with Gasteiger partial charge >= 0.3 is 5.97 Å². The van der Waals surface area contributed by atoms with Crippen LogP contribution in [0.4, 0.5) is 0 Å². The third-order valence-corrected chi connectivity index (χ3v) is 4.27. The summed E-state index contributed by atoms with van der Waals surface area (Å²) in [6.07, 6.45) is 1.30. The summed E-state index contributed by atoms with van der Waals surface area (Å²) in [7, 11) is 1.58. The fraction of sp³-hybridized carbons (Fsp3) is 0.500. The lowest BCUT2D eigenvalue weighted by atomic mass is 9.97. The number of nitrogens with zero attached hydrogens (tertiary/aromatic N) is 1. The Kier molecular flexibility index (Phi) is 6.41. The second kappa shape index (κ2) is 8.31. The molecule has 0 spiro atoms. The summed E-state index contributed by atoms with van der Waals surface area (Å²) in [6.45, 7) is 1.56. The van der Waals surface area contributed by atoms with E-state index < -0.39 is 11.9 Å². The molecule has 6 nitrogen and oxygen atoms in total. The number of halogens is 1. The van der Waals surface area contributed by atoms with E-state index in [1.165, 1.54) is 0 Å². The molecule has 126 valence electrons. The van der Waals surface area contributed by atoms with Crippen LogP contribution in [0.3, 0.4) is 0 Å². The first kappa shape index (κ1) is 17.7. The third kappa shape index (κ3) is 4.68. The fourth-order valence-electron chi connectivity index (χ4n) is 2.56. The van der Waals surface area contributed by atoms with Crippen molar-refractivity contribution in [3.05, 3.63) is 28.2 Å². The lowest BCUT2D eigenvalue weighted by Gasteiger charge is -2.31. The first-order valence-corrected chi connectivity index (χ1v) is 8.25. The number of hydrogen-bond donors (Lipinski definition) is 1. The molecule has 1 fully saturated rings. The minimum absolute atomic E-state index is 0.204. The molecule has 1 aliphatic heterocycles. The van der Waals surface area contributed by atoms with E-state index in [0.717, 1.165) is 4.47 Å². The molecule has 0 aliphatic carbocycles. The summed E-state index contributed by atoms with van der Waals surface area (Å²) < 4.78 is 11.3. The number of ether oxygens (including phenoxy) is 2. The van der Waals surface area contributed by atoms with Gasteiger partial charge in [0.2, 0.25) is 0 Å². The molecule has 1 aromatic rings. The third-order valence-electron chi connectivity index (χ3n) is 3.77. The highest BCUT2D eigenvalue weighted by atomic mass is 79.9. The second-order valence-electron chi connectivity index (χ2n) is 5.41. The number of hydrogen-bond acceptors (Lipinski definition) is 4. The van der Waals surface area contributed by atoms with E-state index in [9.17, 15) is 9.59 Å². The Morgan fingerprint density at radius 1 is 1.39 bits per heavy atom. The molecular weight excluding hydrogens is 366 g/mol. The molecule has 1 aromatic carbocycles. The highest BCUT2D eigenvalue weighted by molar-refractivity contribution is 9.10. The van der Waals surface area contributed by atoms with Crippen LogP contribution in [-0.2, 0) is 9.53 Å². The molecule has 0 saturated carbocycles. The SMILES string of the molecule is COCCOc1ccc(Br)cc1C(=O)N1CCCC(C(=O)O)C1. The number of carboxylic acid groups (broad SMARTS) is 1. The molecule has 1 atom stereocenters. The summed E-state index contributed by atoms with van der Waals surface area (Å²) in [4.78, 5) is 25.5. The molecular formula is C16H20BrNO5. The summed E-state index contributed by atoms with van der Waals surface area (Å²) in [5.74, 6) is -1.08. The molecule has 0 radical (unpaired) electrons. The molecule has 7 heteroatoms. The highest BCUT2D eigenvalue weighted by Crippen LogP contribution is 2.27. The molecule has 0 aromatic heterocycles. The van der Waals surface area contributed by atoms with Crippen molar-refractivity contribution in [2.24, 2.45) is 5.92 Å². The van der Waals surface area contributed by atoms with Crippen molar-refractivity contribution in [1.82, 2.24) is 4.90 Å². The first-order chi connectivity index (χ1) is 11.0. The van der Waals surface area contributed by atoms with Crippen LogP contribution >= 0.6 is 15.9 Å². The molecule has 23 heavy (non-hydrogen) atoms. The Morgan fingerprint density at radius 2 is 2.17 bits per heavy atom. The predicted molar refractivity (Wildman–Crippen MR) is 87.8 cm³/mol. The second-order valence-corrected chi connectivity index (χ2v) is 6.33. The normalized spacial score (nSPS) is 17.8. The number of carbonyl (C=O) groups excluding carboxylic acids is 1. The van der Waals surface area contributed by atoms with Gasteiger partial charge in [0.05, 0.1) is 18.1 Å². The molecule has 1 saturated heterocycles. The van der Waals surface area contributed by atoms with Crippen molar-refractivity contribution < 1.29 is 24.2 Å². The Morgan fingerprint density at radius 3 is 2.87 bits per heavy atom. The van der Waals surface area contributed by atoms with Gasteiger partial charge in [-0.15, -0.1) is 0 Å². The van der Waals surface area contributed by atoms with E-state index in [4.69, 9.17) is 14.6 Å². The number of aliphatic carboxylic acids is 1. The summed E-state index contributed by atoms with van der Waals surface area (Å²) >= 11 is 3.36. The quantitative estimate of drug-likeness (QED) is 0.760. The number of benzene rings is 1. The number of piperidine rings is 1. The van der Waals surface area contributed by atoms with Crippen molar-refractivity contribution in [3.63, 3.8) is 0 Å². The number of methoxy groups -OCH3 is 1. The monoisotopic (exact) mass is 385 g/mol. The number of carboxylic acids is 1. The van der Waals surface area contributed by atoms with E-state index in [1.807, 2.05) is 0 Å². The van der Waals surface area contributed by atoms with Crippen LogP contribution in [0, 0.1) is 5.92 Å². The Bertz CT molecular complexity index is 578. The predicted octanol–water partition coefficient (Wildman–Crippen LogP) is 2.41. The molecule has 1 unspecified atom stereocenters. The zero-order valence-corrected chi connectivity index (χ0v) is 14.5. The van der Waals surface area contributed by atoms with Crippen molar-refractivity contribution >= 4 is 27.8 Å². The van der Waals surface area contributed by atoms with Gasteiger partial charge in [-0.1, -0.05) is 15.9 Å². The van der Waals surface area contributed by atoms with Crippen LogP contribution in [0.1, 0.15) is 23.2 Å². The van der Waals surface area contributed by atoms with Crippen LogP contribution in [0.2, 0.25) is 0 Å². The zero-order chi connectivity index (χ0) is 16.8. The maximum Gasteiger partial charge on any atom is 0.308 e. The fourth-order valence-corrected chi connectivity index (χ4v) is 2.92. The minimum Gasteiger partial charge on any atom is -0.490 e. The average Bonchev–Trinajstić information content (AvgIpc) is 2.55. The van der Waals surface area contributed by atoms with E-state index in [1.54, 1.807) is 30.2 Å². The molecule has 1 aliphatic rings. The van der Waals surface area contributed by atoms with Crippen LogP contribution < -0.4 is 4.74 Å². The zero-order valence-electron chi connectivity index (χ0n) is 13.0. The summed E-state index contributed by atoms with van der Waals surface area (Å²) in [5.41, 5.74) is 0.432. The molecule has 1 N–H and O–H groups in total. The Hall–Kier alpha value is -1.60. The Labute approximate surface area is 143 Å². The Balaban J connectivity index is 2.16. The standard InChI is InChI=1S/C16H20BrNO5/c1-22-7-8-23-14-5-4-12(17)9-13(14)15(19)18-6-2-3-11(10-18)16(20)21/h4-5,9,11H,2-3,6-8,10H2,1H3,(H,20,21). The minimum atomic E-state index is -0.853. The topological polar surface area (TPSA) is 76.1 Å². The van der Waals surface area contributed by atoms with Crippen molar-refractivity contribution in [2.45, 2.75) is 12.8 Å². The molecule has 0 bridgehead atoms. The van der Waals surface area contributed by atoms with E-state index in [0.29, 0.717) is 43.9 Å². The lowest BCUT2D eigenvalue weighted by Crippen LogP contribution is -2.42. The molecule has 1 heterocycles. The van der Waals surface area contributed by atoms with E-state index in [2.05, 4.69) is 15.9 Å². The maximum atomic E-state index is 12.8. The van der Waals surface area contributed by atoms with Gasteiger partial charge in [0.1, 0.15) is 12.4 Å². The van der Waals surface area contributed by atoms with Crippen LogP contribution in [-0.4, -0.2) is 55.3 Å². The van der Waals surface area contributed by atoms with Crippen molar-refractivity contribution in [3.8, 4) is 5.75 Å². The largest absolute Gasteiger partial charge is 0.490 e. The van der Waals surface area contributed by atoms with Crippen LogP contribution in [0.5, 0.6) is 5.75 Å². The summed E-state index contributed by atoms with van der Waals surface area (Å²) in [6, 6.07) is 5.23. The number of likely N-dealkylation sites (tertiary alicyclic amines) is 1.